The molecule has 3 N–H and O–H groups in total. The van der Waals surface area contributed by atoms with Crippen LogP contribution in [0, 0.1) is 30.1 Å². The number of sulfonamides is 1. The molecule has 0 unspecified atom stereocenters. The topological polar surface area (TPSA) is 183 Å². The maximum Gasteiger partial charge on any atom is 0.414 e. The van der Waals surface area contributed by atoms with E-state index in [-0.39, 0.29) is 35.9 Å². The molecule has 1 heterocycles. The summed E-state index contributed by atoms with van der Waals surface area (Å²) in [4.78, 5) is 67.7. The van der Waals surface area contributed by atoms with Crippen molar-refractivity contribution in [2.45, 2.75) is 81.7 Å². The van der Waals surface area contributed by atoms with Crippen molar-refractivity contribution >= 4 is 39.8 Å². The van der Waals surface area contributed by atoms with Crippen molar-refractivity contribution in [3.8, 4) is 5.75 Å². The van der Waals surface area contributed by atoms with Gasteiger partial charge in [-0.25, -0.2) is 18.2 Å². The van der Waals surface area contributed by atoms with Crippen LogP contribution in [-0.4, -0.2) is 96.8 Å². The summed E-state index contributed by atoms with van der Waals surface area (Å²) in [5.41, 5.74) is 3.38. The zero-order valence-electron chi connectivity index (χ0n) is 29.7. The number of ether oxygens (including phenoxy) is 1. The third kappa shape index (κ3) is 7.94. The second-order valence-electron chi connectivity index (χ2n) is 15.2. The summed E-state index contributed by atoms with van der Waals surface area (Å²) in [5, 5.41) is 13.3. The second kappa shape index (κ2) is 14.9. The molecule has 280 valence electrons. The number of aryl methyl sites for hydroxylation is 1. The Labute approximate surface area is 303 Å². The van der Waals surface area contributed by atoms with Gasteiger partial charge in [-0.1, -0.05) is 29.8 Å². The van der Waals surface area contributed by atoms with Gasteiger partial charge in [0.2, 0.25) is 21.8 Å². The summed E-state index contributed by atoms with van der Waals surface area (Å²) in [6.45, 7) is 1.09. The highest BCUT2D eigenvalue weighted by atomic mass is 32.2. The van der Waals surface area contributed by atoms with Crippen LogP contribution in [0.5, 0.6) is 5.75 Å². The summed E-state index contributed by atoms with van der Waals surface area (Å²) >= 11 is 0. The summed E-state index contributed by atoms with van der Waals surface area (Å²) in [7, 11) is -0.979. The normalized spacial score (nSPS) is 25.6. The number of benzene rings is 2. The number of nitrogens with zero attached hydrogens (tertiary/aromatic N) is 3. The molecule has 0 spiro atoms. The van der Waals surface area contributed by atoms with E-state index in [1.807, 2.05) is 6.92 Å². The average Bonchev–Trinajstić information content (AvgIpc) is 3.59. The number of hydrazine groups is 1. The fourth-order valence-corrected chi connectivity index (χ4v) is 10.5. The predicted octanol–water partition coefficient (Wildman–Crippen LogP) is 3.10. The molecule has 4 amide bonds. The number of carbonyl (C=O) groups is 5. The van der Waals surface area contributed by atoms with Crippen LogP contribution in [0.4, 0.5) is 4.79 Å². The van der Waals surface area contributed by atoms with Crippen LogP contribution in [0.1, 0.15) is 62.5 Å². The van der Waals surface area contributed by atoms with Crippen LogP contribution in [0.15, 0.2) is 53.4 Å². The van der Waals surface area contributed by atoms with E-state index in [9.17, 15) is 37.5 Å². The van der Waals surface area contributed by atoms with E-state index >= 15 is 0 Å². The van der Waals surface area contributed by atoms with Gasteiger partial charge in [0, 0.05) is 27.1 Å². The highest BCUT2D eigenvalue weighted by molar-refractivity contribution is 7.89. The summed E-state index contributed by atoms with van der Waals surface area (Å²) in [6, 6.07) is 10.1. The molecule has 2 aromatic carbocycles. The van der Waals surface area contributed by atoms with Gasteiger partial charge in [0.15, 0.2) is 0 Å². The Morgan fingerprint density at radius 1 is 0.942 bits per heavy atom. The molecule has 0 radical (unpaired) electrons. The van der Waals surface area contributed by atoms with Gasteiger partial charge in [-0.15, -0.1) is 0 Å². The maximum atomic E-state index is 14.3. The number of rotatable bonds is 11. The molecule has 4 bridgehead atoms. The van der Waals surface area contributed by atoms with Crippen LogP contribution in [0.3, 0.4) is 0 Å². The Kier molecular flexibility index (Phi) is 10.6. The van der Waals surface area contributed by atoms with Crippen LogP contribution in [0.25, 0.3) is 0 Å². The first-order valence-electron chi connectivity index (χ1n) is 17.8. The van der Waals surface area contributed by atoms with Crippen molar-refractivity contribution in [2.75, 3.05) is 27.2 Å². The minimum atomic E-state index is -4.06. The van der Waals surface area contributed by atoms with Gasteiger partial charge in [-0.2, -0.15) is 4.31 Å². The van der Waals surface area contributed by atoms with Crippen molar-refractivity contribution in [1.82, 2.24) is 25.0 Å². The fraction of sp³-hybridized carbons (Fsp3) is 0.541. The average molecular weight is 738 g/mol. The molecule has 7 rings (SSSR count). The lowest BCUT2D eigenvalue weighted by atomic mass is 9.49. The van der Waals surface area contributed by atoms with E-state index in [1.165, 1.54) is 43.3 Å². The molecule has 4 saturated carbocycles. The highest BCUT2D eigenvalue weighted by Crippen LogP contribution is 2.60. The molecule has 15 heteroatoms. The predicted molar refractivity (Wildman–Crippen MR) is 188 cm³/mol. The molecule has 0 aromatic heterocycles. The highest BCUT2D eigenvalue weighted by Gasteiger charge is 2.55. The van der Waals surface area contributed by atoms with Gasteiger partial charge >= 0.3 is 12.1 Å². The monoisotopic (exact) mass is 737 g/mol. The lowest BCUT2D eigenvalue weighted by Gasteiger charge is -2.55. The van der Waals surface area contributed by atoms with E-state index < -0.39 is 57.9 Å². The standard InChI is InChI=1S/C37H47N5O9S/c1-23-6-12-29(13-7-23)52(49,50)42-14-4-5-31(42)33(45)38-30(18-24-8-10-28(11-9-24)51-36(48)40(2)3)34(46)41(22-32(43)44)39-35(47)37-19-25-15-26(20-37)17-27(16-25)21-37/h6-13,25-27,30-31H,4-5,14-22H2,1-3H3,(H,38,45)(H,39,47)(H,43,44)/t25?,26?,27?,30-,31-,37?/m0/s1. The minimum absolute atomic E-state index is 0.0421. The quantitative estimate of drug-likeness (QED) is 0.292. The molecule has 1 aliphatic heterocycles. The van der Waals surface area contributed by atoms with Crippen molar-refractivity contribution in [1.29, 1.82) is 0 Å². The SMILES string of the molecule is Cc1ccc(S(=O)(=O)N2CCC[C@H]2C(=O)N[C@@H](Cc2ccc(OC(=O)N(C)C)cc2)C(=O)N(CC(=O)O)NC(=O)C23CC4CC(CC(C4)C2)C3)cc1. The van der Waals surface area contributed by atoms with Crippen LogP contribution < -0.4 is 15.5 Å². The Balaban J connectivity index is 1.25. The maximum absolute atomic E-state index is 14.3. The molecule has 2 aromatic rings. The number of amides is 4. The molecule has 1 saturated heterocycles. The van der Waals surface area contributed by atoms with Gasteiger partial charge in [-0.05, 0) is 106 Å². The Morgan fingerprint density at radius 2 is 1.54 bits per heavy atom. The zero-order chi connectivity index (χ0) is 37.4. The Morgan fingerprint density at radius 3 is 2.10 bits per heavy atom. The number of hydrogen-bond acceptors (Lipinski definition) is 8. The van der Waals surface area contributed by atoms with Gasteiger partial charge in [0.25, 0.3) is 5.91 Å². The number of nitrogens with one attached hydrogen (secondary N) is 2. The number of carboxylic acid groups (broad SMARTS) is 1. The number of aliphatic carboxylic acids is 1. The first-order valence-corrected chi connectivity index (χ1v) is 19.3. The van der Waals surface area contributed by atoms with Crippen molar-refractivity contribution in [3.63, 3.8) is 0 Å². The van der Waals surface area contributed by atoms with Crippen LogP contribution in [0.2, 0.25) is 0 Å². The summed E-state index contributed by atoms with van der Waals surface area (Å²) in [5.74, 6) is -1.79. The van der Waals surface area contributed by atoms with E-state index in [2.05, 4.69) is 10.7 Å². The van der Waals surface area contributed by atoms with E-state index in [1.54, 1.807) is 24.3 Å². The molecule has 2 atom stereocenters. The molecule has 4 aliphatic carbocycles. The fourth-order valence-electron chi connectivity index (χ4n) is 8.85. The van der Waals surface area contributed by atoms with Gasteiger partial charge < -0.3 is 20.1 Å². The first-order chi connectivity index (χ1) is 24.6. The largest absolute Gasteiger partial charge is 0.480 e. The van der Waals surface area contributed by atoms with Crippen molar-refractivity contribution in [2.24, 2.45) is 23.2 Å². The van der Waals surface area contributed by atoms with E-state index in [4.69, 9.17) is 4.74 Å². The molecule has 5 fully saturated rings. The van der Waals surface area contributed by atoms with Gasteiger partial charge in [0.1, 0.15) is 24.4 Å². The molecular weight excluding hydrogens is 690 g/mol. The lowest BCUT2D eigenvalue weighted by molar-refractivity contribution is -0.160. The second-order valence-corrected chi connectivity index (χ2v) is 17.1. The third-order valence-corrected chi connectivity index (χ3v) is 12.9. The van der Waals surface area contributed by atoms with Gasteiger partial charge in [0.05, 0.1) is 10.3 Å². The summed E-state index contributed by atoms with van der Waals surface area (Å²) in [6.07, 6.45) is 5.25. The van der Waals surface area contributed by atoms with Crippen LogP contribution >= 0.6 is 0 Å². The number of hydrogen-bond donors (Lipinski definition) is 3. The van der Waals surface area contributed by atoms with Crippen molar-refractivity contribution < 1.29 is 42.2 Å². The Hall–Kier alpha value is -4.50. The van der Waals surface area contributed by atoms with Crippen molar-refractivity contribution in [3.05, 3.63) is 59.7 Å². The molecular formula is C37H47N5O9S. The van der Waals surface area contributed by atoms with E-state index in [0.717, 1.165) is 34.1 Å². The molecule has 52 heavy (non-hydrogen) atoms. The first kappa shape index (κ1) is 37.3. The number of carbonyl (C=O) groups excluding carboxylic acids is 4. The van der Waals surface area contributed by atoms with E-state index in [0.29, 0.717) is 49.0 Å². The zero-order valence-corrected chi connectivity index (χ0v) is 30.6. The lowest BCUT2D eigenvalue weighted by Crippen LogP contribution is -2.62. The smallest absolute Gasteiger partial charge is 0.414 e. The molecule has 14 nitrogen and oxygen atoms in total. The minimum Gasteiger partial charge on any atom is -0.480 e. The Bertz CT molecular complexity index is 1780. The summed E-state index contributed by atoms with van der Waals surface area (Å²) < 4.78 is 33.7. The van der Waals surface area contributed by atoms with Crippen LogP contribution in [-0.2, 0) is 35.6 Å². The third-order valence-electron chi connectivity index (χ3n) is 11.0. The van der Waals surface area contributed by atoms with Gasteiger partial charge in [-0.3, -0.25) is 24.6 Å². The molecule has 5 aliphatic rings. The number of carboxylic acids is 1.